The SMILES string of the molecule is Cc1ccc(CCCC(=O)Nc2cc([N+](=O)[O-])ccc2Br)cc1. The first-order chi connectivity index (χ1) is 11.0. The average molecular weight is 377 g/mol. The number of hydrogen-bond acceptors (Lipinski definition) is 3. The quantitative estimate of drug-likeness (QED) is 0.589. The molecule has 6 heteroatoms. The Kier molecular flexibility index (Phi) is 5.87. The number of benzene rings is 2. The normalized spacial score (nSPS) is 10.3. The van der Waals surface area contributed by atoms with Crippen LogP contribution in [0.2, 0.25) is 0 Å². The summed E-state index contributed by atoms with van der Waals surface area (Å²) in [6.07, 6.45) is 1.91. The monoisotopic (exact) mass is 376 g/mol. The summed E-state index contributed by atoms with van der Waals surface area (Å²) in [4.78, 5) is 22.3. The molecule has 2 rings (SSSR count). The Bertz CT molecular complexity index is 714. The first kappa shape index (κ1) is 17.1. The van der Waals surface area contributed by atoms with Crippen LogP contribution in [0.4, 0.5) is 11.4 Å². The lowest BCUT2D eigenvalue weighted by molar-refractivity contribution is -0.384. The molecule has 0 unspecified atom stereocenters. The Morgan fingerprint density at radius 2 is 1.91 bits per heavy atom. The van der Waals surface area contributed by atoms with E-state index in [2.05, 4.69) is 45.5 Å². The minimum atomic E-state index is -0.487. The number of hydrogen-bond donors (Lipinski definition) is 1. The van der Waals surface area contributed by atoms with Crippen LogP contribution in [0.3, 0.4) is 0 Å². The lowest BCUT2D eigenvalue weighted by atomic mass is 10.1. The van der Waals surface area contributed by atoms with Gasteiger partial charge >= 0.3 is 0 Å². The second-order valence-electron chi connectivity index (χ2n) is 5.31. The van der Waals surface area contributed by atoms with Gasteiger partial charge in [0.1, 0.15) is 0 Å². The molecule has 0 radical (unpaired) electrons. The molecule has 0 aliphatic carbocycles. The summed E-state index contributed by atoms with van der Waals surface area (Å²) >= 11 is 3.28. The molecular weight excluding hydrogens is 360 g/mol. The number of aryl methyl sites for hydroxylation is 2. The van der Waals surface area contributed by atoms with Crippen molar-refractivity contribution < 1.29 is 9.72 Å². The summed E-state index contributed by atoms with van der Waals surface area (Å²) in [6.45, 7) is 2.04. The number of carbonyl (C=O) groups is 1. The second-order valence-corrected chi connectivity index (χ2v) is 6.16. The number of nitrogens with one attached hydrogen (secondary N) is 1. The molecule has 0 aliphatic heterocycles. The highest BCUT2D eigenvalue weighted by Crippen LogP contribution is 2.27. The number of halogens is 1. The van der Waals surface area contributed by atoms with Gasteiger partial charge in [0.25, 0.3) is 5.69 Å². The van der Waals surface area contributed by atoms with Gasteiger partial charge in [0.15, 0.2) is 0 Å². The van der Waals surface area contributed by atoms with Crippen LogP contribution in [0, 0.1) is 17.0 Å². The van der Waals surface area contributed by atoms with Crippen molar-refractivity contribution in [2.24, 2.45) is 0 Å². The highest BCUT2D eigenvalue weighted by Gasteiger charge is 2.11. The van der Waals surface area contributed by atoms with Crippen LogP contribution in [0.5, 0.6) is 0 Å². The number of amides is 1. The van der Waals surface area contributed by atoms with E-state index in [-0.39, 0.29) is 11.6 Å². The third-order valence-electron chi connectivity index (χ3n) is 3.42. The minimum Gasteiger partial charge on any atom is -0.325 e. The first-order valence-electron chi connectivity index (χ1n) is 7.25. The van der Waals surface area contributed by atoms with Crippen LogP contribution in [-0.2, 0) is 11.2 Å². The van der Waals surface area contributed by atoms with Crippen molar-refractivity contribution in [3.05, 3.63) is 68.2 Å². The van der Waals surface area contributed by atoms with E-state index >= 15 is 0 Å². The fourth-order valence-corrected chi connectivity index (χ4v) is 2.49. The Labute approximate surface area is 143 Å². The van der Waals surface area contributed by atoms with Crippen molar-refractivity contribution in [1.29, 1.82) is 0 Å². The number of nitro groups is 1. The van der Waals surface area contributed by atoms with Crippen molar-refractivity contribution >= 4 is 33.2 Å². The Balaban J connectivity index is 1.88. The average Bonchev–Trinajstić information content (AvgIpc) is 2.51. The summed E-state index contributed by atoms with van der Waals surface area (Å²) in [6, 6.07) is 12.5. The highest BCUT2D eigenvalue weighted by molar-refractivity contribution is 9.10. The van der Waals surface area contributed by atoms with Crippen LogP contribution in [0.15, 0.2) is 46.9 Å². The zero-order valence-electron chi connectivity index (χ0n) is 12.7. The molecule has 0 aromatic heterocycles. The van der Waals surface area contributed by atoms with E-state index in [0.29, 0.717) is 16.6 Å². The lowest BCUT2D eigenvalue weighted by Crippen LogP contribution is -2.12. The predicted octanol–water partition coefficient (Wildman–Crippen LogP) is 4.63. The Morgan fingerprint density at radius 3 is 2.57 bits per heavy atom. The number of carbonyl (C=O) groups excluding carboxylic acids is 1. The number of rotatable bonds is 6. The molecule has 120 valence electrons. The predicted molar refractivity (Wildman–Crippen MR) is 93.5 cm³/mol. The largest absolute Gasteiger partial charge is 0.325 e. The summed E-state index contributed by atoms with van der Waals surface area (Å²) < 4.78 is 0.620. The molecule has 0 fully saturated rings. The van der Waals surface area contributed by atoms with E-state index in [9.17, 15) is 14.9 Å². The van der Waals surface area contributed by atoms with Gasteiger partial charge in [-0.1, -0.05) is 29.8 Å². The standard InChI is InChI=1S/C17H17BrN2O3/c1-12-5-7-13(8-6-12)3-2-4-17(21)19-16-11-14(20(22)23)9-10-15(16)18/h5-11H,2-4H2,1H3,(H,19,21). The van der Waals surface area contributed by atoms with Gasteiger partial charge in [-0.3, -0.25) is 14.9 Å². The topological polar surface area (TPSA) is 72.2 Å². The molecule has 2 aromatic carbocycles. The molecule has 1 amide bonds. The van der Waals surface area contributed by atoms with Crippen LogP contribution in [0.1, 0.15) is 24.0 Å². The Morgan fingerprint density at radius 1 is 1.22 bits per heavy atom. The van der Waals surface area contributed by atoms with Crippen molar-refractivity contribution in [2.45, 2.75) is 26.2 Å². The number of nitrogens with zero attached hydrogens (tertiary/aromatic N) is 1. The van der Waals surface area contributed by atoms with E-state index in [1.165, 1.54) is 23.3 Å². The number of anilines is 1. The molecule has 0 saturated carbocycles. The van der Waals surface area contributed by atoms with Gasteiger partial charge in [0.05, 0.1) is 10.6 Å². The summed E-state index contributed by atoms with van der Waals surface area (Å²) in [5.41, 5.74) is 2.77. The first-order valence-corrected chi connectivity index (χ1v) is 8.04. The zero-order chi connectivity index (χ0) is 16.8. The molecule has 5 nitrogen and oxygen atoms in total. The fourth-order valence-electron chi connectivity index (χ4n) is 2.14. The van der Waals surface area contributed by atoms with E-state index in [0.717, 1.165) is 12.8 Å². The van der Waals surface area contributed by atoms with Gasteiger partial charge in [0.2, 0.25) is 5.91 Å². The Hall–Kier alpha value is -2.21. The van der Waals surface area contributed by atoms with E-state index in [4.69, 9.17) is 0 Å². The van der Waals surface area contributed by atoms with Crippen molar-refractivity contribution in [1.82, 2.24) is 0 Å². The van der Waals surface area contributed by atoms with Gasteiger partial charge in [-0.2, -0.15) is 0 Å². The highest BCUT2D eigenvalue weighted by atomic mass is 79.9. The van der Waals surface area contributed by atoms with Crippen molar-refractivity contribution in [3.8, 4) is 0 Å². The third-order valence-corrected chi connectivity index (χ3v) is 4.12. The second kappa shape index (κ2) is 7.87. The van der Waals surface area contributed by atoms with E-state index < -0.39 is 4.92 Å². The lowest BCUT2D eigenvalue weighted by Gasteiger charge is -2.07. The van der Waals surface area contributed by atoms with Gasteiger partial charge in [0, 0.05) is 23.0 Å². The van der Waals surface area contributed by atoms with E-state index in [1.807, 2.05) is 6.92 Å². The molecule has 1 N–H and O–H groups in total. The smallest absolute Gasteiger partial charge is 0.271 e. The fraction of sp³-hybridized carbons (Fsp3) is 0.235. The van der Waals surface area contributed by atoms with Crippen LogP contribution < -0.4 is 5.32 Å². The zero-order valence-corrected chi connectivity index (χ0v) is 14.3. The van der Waals surface area contributed by atoms with Gasteiger partial charge in [-0.15, -0.1) is 0 Å². The molecule has 0 atom stereocenters. The summed E-state index contributed by atoms with van der Waals surface area (Å²) in [5, 5.41) is 13.5. The summed E-state index contributed by atoms with van der Waals surface area (Å²) in [7, 11) is 0. The van der Waals surface area contributed by atoms with Crippen molar-refractivity contribution in [2.75, 3.05) is 5.32 Å². The number of non-ortho nitro benzene ring substituents is 1. The van der Waals surface area contributed by atoms with Gasteiger partial charge in [-0.25, -0.2) is 0 Å². The maximum Gasteiger partial charge on any atom is 0.271 e. The molecular formula is C17H17BrN2O3. The van der Waals surface area contributed by atoms with Crippen LogP contribution in [-0.4, -0.2) is 10.8 Å². The minimum absolute atomic E-state index is 0.0526. The maximum atomic E-state index is 12.0. The van der Waals surface area contributed by atoms with Gasteiger partial charge in [-0.05, 0) is 47.3 Å². The van der Waals surface area contributed by atoms with E-state index in [1.54, 1.807) is 6.07 Å². The molecule has 0 bridgehead atoms. The molecule has 0 saturated heterocycles. The summed E-state index contributed by atoms with van der Waals surface area (Å²) in [5.74, 6) is -0.154. The van der Waals surface area contributed by atoms with Crippen LogP contribution >= 0.6 is 15.9 Å². The van der Waals surface area contributed by atoms with Crippen molar-refractivity contribution in [3.63, 3.8) is 0 Å². The molecule has 23 heavy (non-hydrogen) atoms. The number of nitro benzene ring substituents is 1. The van der Waals surface area contributed by atoms with Crippen LogP contribution in [0.25, 0.3) is 0 Å². The molecule has 0 spiro atoms. The third kappa shape index (κ3) is 5.17. The van der Waals surface area contributed by atoms with Gasteiger partial charge < -0.3 is 5.32 Å². The molecule has 2 aromatic rings. The molecule has 0 heterocycles. The maximum absolute atomic E-state index is 12.0. The molecule has 0 aliphatic rings.